The predicted octanol–water partition coefficient (Wildman–Crippen LogP) is 2.42. The van der Waals surface area contributed by atoms with Gasteiger partial charge in [0.05, 0.1) is 18.0 Å². The van der Waals surface area contributed by atoms with Crippen LogP contribution >= 0.6 is 0 Å². The molecule has 0 saturated heterocycles. The number of rotatable bonds is 7. The average molecular weight is 315 g/mol. The van der Waals surface area contributed by atoms with Crippen LogP contribution in [0.25, 0.3) is 0 Å². The van der Waals surface area contributed by atoms with Gasteiger partial charge in [-0.25, -0.2) is 4.79 Å². The first kappa shape index (κ1) is 16.5. The Bertz CT molecular complexity index is 631. The Kier molecular flexibility index (Phi) is 6.17. The van der Waals surface area contributed by atoms with E-state index >= 15 is 0 Å². The van der Waals surface area contributed by atoms with E-state index in [2.05, 4.69) is 26.1 Å². The summed E-state index contributed by atoms with van der Waals surface area (Å²) < 4.78 is 5.46. The highest BCUT2D eigenvalue weighted by atomic mass is 16.5. The van der Waals surface area contributed by atoms with E-state index < -0.39 is 0 Å². The molecular formula is C16H21N5O2. The molecule has 7 nitrogen and oxygen atoms in total. The van der Waals surface area contributed by atoms with E-state index in [1.807, 2.05) is 44.2 Å². The van der Waals surface area contributed by atoms with Crippen LogP contribution in [0, 0.1) is 6.92 Å². The van der Waals surface area contributed by atoms with Gasteiger partial charge in [-0.2, -0.15) is 5.10 Å². The third-order valence-electron chi connectivity index (χ3n) is 2.95. The van der Waals surface area contributed by atoms with Crippen LogP contribution in [0.3, 0.4) is 0 Å². The molecule has 0 bridgehead atoms. The summed E-state index contributed by atoms with van der Waals surface area (Å²) in [6, 6.07) is 10.8. The maximum atomic E-state index is 11.9. The largest absolute Gasteiger partial charge is 0.492 e. The number of hydrogen-bond donors (Lipinski definition) is 3. The first-order chi connectivity index (χ1) is 11.2. The van der Waals surface area contributed by atoms with Crippen molar-refractivity contribution in [1.29, 1.82) is 0 Å². The quantitative estimate of drug-likeness (QED) is 0.683. The summed E-state index contributed by atoms with van der Waals surface area (Å²) in [5.41, 5.74) is 1.50. The molecule has 2 amide bonds. The lowest BCUT2D eigenvalue weighted by Crippen LogP contribution is -2.32. The molecule has 0 atom stereocenters. The minimum atomic E-state index is -0.283. The number of para-hydroxylation sites is 2. The molecular weight excluding hydrogens is 294 g/mol. The summed E-state index contributed by atoms with van der Waals surface area (Å²) in [6.07, 6.45) is 0. The molecule has 0 aliphatic rings. The minimum Gasteiger partial charge on any atom is -0.492 e. The summed E-state index contributed by atoms with van der Waals surface area (Å²) in [5, 5.41) is 16.6. The zero-order valence-electron chi connectivity index (χ0n) is 13.3. The van der Waals surface area contributed by atoms with Crippen LogP contribution in [0.1, 0.15) is 12.6 Å². The normalized spacial score (nSPS) is 10.0. The second kappa shape index (κ2) is 8.57. The molecule has 3 N–H and O–H groups in total. The lowest BCUT2D eigenvalue weighted by molar-refractivity contribution is 0.252. The molecule has 0 aliphatic heterocycles. The van der Waals surface area contributed by atoms with E-state index in [4.69, 9.17) is 4.74 Å². The topological polar surface area (TPSA) is 88.2 Å². The van der Waals surface area contributed by atoms with Gasteiger partial charge >= 0.3 is 6.03 Å². The number of urea groups is 1. The van der Waals surface area contributed by atoms with Crippen molar-refractivity contribution < 1.29 is 9.53 Å². The Morgan fingerprint density at radius 2 is 1.96 bits per heavy atom. The van der Waals surface area contributed by atoms with Crippen molar-refractivity contribution in [3.8, 4) is 5.75 Å². The van der Waals surface area contributed by atoms with Gasteiger partial charge in [-0.3, -0.25) is 0 Å². The summed E-state index contributed by atoms with van der Waals surface area (Å²) in [6.45, 7) is 5.33. The van der Waals surface area contributed by atoms with Gasteiger partial charge in [-0.1, -0.05) is 12.1 Å². The number of nitrogens with one attached hydrogen (secondary N) is 3. The van der Waals surface area contributed by atoms with Crippen LogP contribution in [0.15, 0.2) is 36.4 Å². The van der Waals surface area contributed by atoms with Crippen LogP contribution in [0.4, 0.5) is 16.3 Å². The van der Waals surface area contributed by atoms with Gasteiger partial charge in [0, 0.05) is 13.1 Å². The Morgan fingerprint density at radius 3 is 2.70 bits per heavy atom. The first-order valence-electron chi connectivity index (χ1n) is 7.50. The van der Waals surface area contributed by atoms with Gasteiger partial charge in [-0.15, -0.1) is 5.10 Å². The molecule has 0 fully saturated rings. The highest BCUT2D eigenvalue weighted by Crippen LogP contribution is 2.23. The SMILES string of the molecule is CCOc1ccccc1NC(=O)NCCNc1ccc(C)nn1. The van der Waals surface area contributed by atoms with Gasteiger partial charge in [0.15, 0.2) is 0 Å². The van der Waals surface area contributed by atoms with Crippen LogP contribution in [-0.4, -0.2) is 35.9 Å². The number of nitrogens with zero attached hydrogens (tertiary/aromatic N) is 2. The predicted molar refractivity (Wildman–Crippen MR) is 89.9 cm³/mol. The Morgan fingerprint density at radius 1 is 1.13 bits per heavy atom. The standard InChI is InChI=1S/C16H21N5O2/c1-3-23-14-7-5-4-6-13(14)19-16(22)18-11-10-17-15-9-8-12(2)20-21-15/h4-9H,3,10-11H2,1-2H3,(H,17,21)(H2,18,19,22). The minimum absolute atomic E-state index is 0.283. The third kappa shape index (κ3) is 5.46. The van der Waals surface area contributed by atoms with Crippen molar-refractivity contribution in [2.45, 2.75) is 13.8 Å². The first-order valence-corrected chi connectivity index (χ1v) is 7.50. The second-order valence-electron chi connectivity index (χ2n) is 4.80. The molecule has 1 aromatic heterocycles. The van der Waals surface area contributed by atoms with E-state index in [9.17, 15) is 4.79 Å². The number of ether oxygens (including phenoxy) is 1. The van der Waals surface area contributed by atoms with E-state index in [-0.39, 0.29) is 6.03 Å². The zero-order valence-corrected chi connectivity index (χ0v) is 13.3. The van der Waals surface area contributed by atoms with Crippen LogP contribution in [0.5, 0.6) is 5.75 Å². The Hall–Kier alpha value is -2.83. The zero-order chi connectivity index (χ0) is 16.5. The highest BCUT2D eigenvalue weighted by Gasteiger charge is 2.06. The third-order valence-corrected chi connectivity index (χ3v) is 2.95. The molecule has 2 aromatic rings. The van der Waals surface area contributed by atoms with E-state index in [1.165, 1.54) is 0 Å². The van der Waals surface area contributed by atoms with E-state index in [0.717, 1.165) is 5.69 Å². The number of amides is 2. The van der Waals surface area contributed by atoms with Gasteiger partial charge in [0.25, 0.3) is 0 Å². The molecule has 7 heteroatoms. The molecule has 0 unspecified atom stereocenters. The molecule has 2 rings (SSSR count). The van der Waals surface area contributed by atoms with Gasteiger partial charge in [0.2, 0.25) is 0 Å². The van der Waals surface area contributed by atoms with Crippen molar-refractivity contribution >= 4 is 17.5 Å². The van der Waals surface area contributed by atoms with Crippen molar-refractivity contribution in [3.05, 3.63) is 42.1 Å². The number of hydrogen-bond acceptors (Lipinski definition) is 5. The second-order valence-corrected chi connectivity index (χ2v) is 4.80. The molecule has 0 aliphatic carbocycles. The number of aromatic nitrogens is 2. The maximum Gasteiger partial charge on any atom is 0.319 e. The molecule has 1 aromatic carbocycles. The monoisotopic (exact) mass is 315 g/mol. The lowest BCUT2D eigenvalue weighted by Gasteiger charge is -2.12. The van der Waals surface area contributed by atoms with Gasteiger partial charge < -0.3 is 20.7 Å². The van der Waals surface area contributed by atoms with Crippen molar-refractivity contribution in [3.63, 3.8) is 0 Å². The van der Waals surface area contributed by atoms with E-state index in [1.54, 1.807) is 6.07 Å². The number of aryl methyl sites for hydroxylation is 1. The maximum absolute atomic E-state index is 11.9. The molecule has 0 spiro atoms. The number of carbonyl (C=O) groups excluding carboxylic acids is 1. The van der Waals surface area contributed by atoms with Gasteiger partial charge in [0.1, 0.15) is 11.6 Å². The smallest absolute Gasteiger partial charge is 0.319 e. The summed E-state index contributed by atoms with van der Waals surface area (Å²) in [4.78, 5) is 11.9. The fourth-order valence-corrected chi connectivity index (χ4v) is 1.88. The Labute approximate surface area is 135 Å². The fraction of sp³-hybridized carbons (Fsp3) is 0.312. The number of carbonyl (C=O) groups is 1. The number of anilines is 2. The molecule has 1 heterocycles. The van der Waals surface area contributed by atoms with Crippen molar-refractivity contribution in [2.24, 2.45) is 0 Å². The summed E-state index contributed by atoms with van der Waals surface area (Å²) in [7, 11) is 0. The summed E-state index contributed by atoms with van der Waals surface area (Å²) >= 11 is 0. The van der Waals surface area contributed by atoms with E-state index in [0.29, 0.717) is 37.0 Å². The Balaban J connectivity index is 1.74. The molecule has 0 saturated carbocycles. The van der Waals surface area contributed by atoms with Crippen LogP contribution in [0.2, 0.25) is 0 Å². The van der Waals surface area contributed by atoms with Crippen molar-refractivity contribution in [2.75, 3.05) is 30.3 Å². The van der Waals surface area contributed by atoms with Crippen LogP contribution in [-0.2, 0) is 0 Å². The highest BCUT2D eigenvalue weighted by molar-refractivity contribution is 5.90. The number of benzene rings is 1. The molecule has 0 radical (unpaired) electrons. The lowest BCUT2D eigenvalue weighted by atomic mass is 10.3. The van der Waals surface area contributed by atoms with Crippen LogP contribution < -0.4 is 20.7 Å². The summed E-state index contributed by atoms with van der Waals surface area (Å²) in [5.74, 6) is 1.33. The average Bonchev–Trinajstić information content (AvgIpc) is 2.55. The molecule has 122 valence electrons. The van der Waals surface area contributed by atoms with Crippen molar-refractivity contribution in [1.82, 2.24) is 15.5 Å². The fourth-order valence-electron chi connectivity index (χ4n) is 1.88. The molecule has 23 heavy (non-hydrogen) atoms. The van der Waals surface area contributed by atoms with Gasteiger partial charge in [-0.05, 0) is 38.1 Å².